The number of sulfonamides is 1. The number of anilines is 1. The largest absolute Gasteiger partial charge is 0.394 e. The predicted octanol–water partition coefficient (Wildman–Crippen LogP) is 3.15. The summed E-state index contributed by atoms with van der Waals surface area (Å²) in [5.74, 6) is -1.50. The molecule has 3 atom stereocenters. The average Bonchev–Trinajstić information content (AvgIpc) is 2.81. The maximum atomic E-state index is 14.0. The summed E-state index contributed by atoms with van der Waals surface area (Å²) in [7, 11) is -1.08. The molecular weight excluding hydrogens is 468 g/mol. The van der Waals surface area contributed by atoms with Crippen molar-refractivity contribution < 1.29 is 31.8 Å². The van der Waals surface area contributed by atoms with Crippen LogP contribution in [0.5, 0.6) is 0 Å². The summed E-state index contributed by atoms with van der Waals surface area (Å²) in [4.78, 5) is 14.2. The van der Waals surface area contributed by atoms with Crippen LogP contribution in [0.4, 0.5) is 19.3 Å². The van der Waals surface area contributed by atoms with Gasteiger partial charge in [0.15, 0.2) is 0 Å². The van der Waals surface area contributed by atoms with Crippen LogP contribution in [0.2, 0.25) is 0 Å². The molecular formula is C23H31F2N3O5S. The Kier molecular flexibility index (Phi) is 9.92. The number of ether oxygens (including phenoxy) is 1. The SMILES string of the molecule is CO[C@@H](CN(C)S(=O)(=O)c1ccc(F)cc1)[C@@H](C)CN(C(=O)Nc1ccccc1F)[C@H](C)CO. The molecule has 34 heavy (non-hydrogen) atoms. The predicted molar refractivity (Wildman–Crippen MR) is 125 cm³/mol. The van der Waals surface area contributed by atoms with Crippen molar-refractivity contribution in [3.05, 3.63) is 60.2 Å². The van der Waals surface area contributed by atoms with Gasteiger partial charge in [0.1, 0.15) is 11.6 Å². The molecule has 0 saturated carbocycles. The fraction of sp³-hybridized carbons (Fsp3) is 0.435. The first-order valence-corrected chi connectivity index (χ1v) is 12.1. The topological polar surface area (TPSA) is 99.2 Å². The van der Waals surface area contributed by atoms with E-state index in [2.05, 4.69) is 5.32 Å². The molecule has 0 heterocycles. The van der Waals surface area contributed by atoms with E-state index < -0.39 is 39.8 Å². The van der Waals surface area contributed by atoms with Crippen LogP contribution in [0.15, 0.2) is 53.4 Å². The van der Waals surface area contributed by atoms with Gasteiger partial charge >= 0.3 is 6.03 Å². The Morgan fingerprint density at radius 1 is 1.09 bits per heavy atom. The van der Waals surface area contributed by atoms with Gasteiger partial charge in [0.05, 0.1) is 29.3 Å². The molecule has 0 radical (unpaired) electrons. The molecule has 0 fully saturated rings. The Labute approximate surface area is 199 Å². The number of carbonyl (C=O) groups excluding carboxylic acids is 1. The van der Waals surface area contributed by atoms with Gasteiger partial charge in [0.25, 0.3) is 0 Å². The molecule has 0 unspecified atom stereocenters. The average molecular weight is 500 g/mol. The number of nitrogens with one attached hydrogen (secondary N) is 1. The summed E-state index contributed by atoms with van der Waals surface area (Å²) in [6.45, 7) is 3.16. The van der Waals surface area contributed by atoms with E-state index in [-0.39, 0.29) is 36.2 Å². The fourth-order valence-corrected chi connectivity index (χ4v) is 4.55. The number of amides is 2. The Morgan fingerprint density at radius 2 is 1.71 bits per heavy atom. The van der Waals surface area contributed by atoms with Gasteiger partial charge in [-0.3, -0.25) is 0 Å². The number of para-hydroxylation sites is 1. The lowest BCUT2D eigenvalue weighted by atomic mass is 10.0. The van der Waals surface area contributed by atoms with Crippen LogP contribution >= 0.6 is 0 Å². The van der Waals surface area contributed by atoms with Crippen molar-refractivity contribution in [3.8, 4) is 0 Å². The van der Waals surface area contributed by atoms with E-state index in [4.69, 9.17) is 4.74 Å². The maximum absolute atomic E-state index is 14.0. The van der Waals surface area contributed by atoms with Gasteiger partial charge in [-0.15, -0.1) is 0 Å². The van der Waals surface area contributed by atoms with Crippen molar-refractivity contribution in [2.45, 2.75) is 30.9 Å². The molecule has 2 aromatic rings. The number of carbonyl (C=O) groups is 1. The second kappa shape index (κ2) is 12.2. The van der Waals surface area contributed by atoms with Crippen LogP contribution in [0.3, 0.4) is 0 Å². The molecule has 0 aliphatic carbocycles. The first-order valence-electron chi connectivity index (χ1n) is 10.7. The Balaban J connectivity index is 2.14. The number of likely N-dealkylation sites (N-methyl/N-ethyl adjacent to an activating group) is 1. The molecule has 0 saturated heterocycles. The van der Waals surface area contributed by atoms with Crippen LogP contribution < -0.4 is 5.32 Å². The van der Waals surface area contributed by atoms with Gasteiger partial charge < -0.3 is 20.1 Å². The highest BCUT2D eigenvalue weighted by atomic mass is 32.2. The summed E-state index contributed by atoms with van der Waals surface area (Å²) < 4.78 is 59.5. The molecule has 2 amide bonds. The third kappa shape index (κ3) is 6.95. The number of benzene rings is 2. The van der Waals surface area contributed by atoms with E-state index in [1.807, 2.05) is 0 Å². The second-order valence-corrected chi connectivity index (χ2v) is 10.1. The van der Waals surface area contributed by atoms with Crippen LogP contribution in [0.1, 0.15) is 13.8 Å². The summed E-state index contributed by atoms with van der Waals surface area (Å²) in [5, 5.41) is 12.1. The number of aliphatic hydroxyl groups excluding tert-OH is 1. The first-order chi connectivity index (χ1) is 16.0. The van der Waals surface area contributed by atoms with E-state index in [1.165, 1.54) is 49.4 Å². The van der Waals surface area contributed by atoms with E-state index in [9.17, 15) is 27.1 Å². The number of halogens is 2. The molecule has 0 aliphatic heterocycles. The zero-order chi connectivity index (χ0) is 25.5. The van der Waals surface area contributed by atoms with Crippen molar-refractivity contribution in [1.29, 1.82) is 0 Å². The third-order valence-electron chi connectivity index (χ3n) is 5.55. The minimum absolute atomic E-state index is 0.00343. The lowest BCUT2D eigenvalue weighted by molar-refractivity contribution is 0.0305. The quantitative estimate of drug-likeness (QED) is 0.495. The molecule has 2 N–H and O–H groups in total. The zero-order valence-electron chi connectivity index (χ0n) is 19.6. The summed E-state index contributed by atoms with van der Waals surface area (Å²) >= 11 is 0. The molecule has 0 bridgehead atoms. The zero-order valence-corrected chi connectivity index (χ0v) is 20.4. The van der Waals surface area contributed by atoms with Gasteiger partial charge in [-0.1, -0.05) is 19.1 Å². The highest BCUT2D eigenvalue weighted by molar-refractivity contribution is 7.89. The summed E-state index contributed by atoms with van der Waals surface area (Å²) in [6.07, 6.45) is -0.616. The van der Waals surface area contributed by atoms with Gasteiger partial charge in [0.2, 0.25) is 10.0 Å². The first kappa shape index (κ1) is 27.6. The molecule has 8 nitrogen and oxygen atoms in total. The number of hydrogen-bond donors (Lipinski definition) is 2. The molecule has 0 aliphatic rings. The summed E-state index contributed by atoms with van der Waals surface area (Å²) in [6, 6.07) is 9.03. The number of methoxy groups -OCH3 is 1. The second-order valence-electron chi connectivity index (χ2n) is 8.08. The van der Waals surface area contributed by atoms with Crippen LogP contribution in [0, 0.1) is 17.6 Å². The highest BCUT2D eigenvalue weighted by Crippen LogP contribution is 2.20. The van der Waals surface area contributed by atoms with Crippen LogP contribution in [-0.2, 0) is 14.8 Å². The van der Waals surface area contributed by atoms with Crippen molar-refractivity contribution in [2.75, 3.05) is 39.2 Å². The van der Waals surface area contributed by atoms with Crippen molar-refractivity contribution in [1.82, 2.24) is 9.21 Å². The standard InChI is InChI=1S/C23H31F2N3O5S/c1-16(13-28(17(2)15-29)23(30)26-21-8-6-5-7-20(21)25)22(33-4)14-27(3)34(31,32)19-11-9-18(24)10-12-19/h5-12,16-17,22,29H,13-15H2,1-4H3,(H,26,30)/t16-,17+,22-/m0/s1. The molecule has 11 heteroatoms. The van der Waals surface area contributed by atoms with Gasteiger partial charge in [-0.25, -0.2) is 22.0 Å². The molecule has 188 valence electrons. The molecule has 0 aromatic heterocycles. The minimum Gasteiger partial charge on any atom is -0.394 e. The smallest absolute Gasteiger partial charge is 0.322 e. The van der Waals surface area contributed by atoms with Crippen molar-refractivity contribution >= 4 is 21.7 Å². The fourth-order valence-electron chi connectivity index (χ4n) is 3.36. The number of urea groups is 1. The number of rotatable bonds is 11. The minimum atomic E-state index is -3.89. The van der Waals surface area contributed by atoms with Gasteiger partial charge in [0, 0.05) is 33.2 Å². The van der Waals surface area contributed by atoms with Crippen molar-refractivity contribution in [2.24, 2.45) is 5.92 Å². The van der Waals surface area contributed by atoms with Gasteiger partial charge in [-0.2, -0.15) is 4.31 Å². The van der Waals surface area contributed by atoms with Crippen LogP contribution in [-0.4, -0.2) is 74.8 Å². The lowest BCUT2D eigenvalue weighted by Gasteiger charge is -2.34. The van der Waals surface area contributed by atoms with Crippen molar-refractivity contribution in [3.63, 3.8) is 0 Å². The third-order valence-corrected chi connectivity index (χ3v) is 7.39. The maximum Gasteiger partial charge on any atom is 0.322 e. The molecule has 2 rings (SSSR count). The summed E-state index contributed by atoms with van der Waals surface area (Å²) in [5.41, 5.74) is 0.00343. The lowest BCUT2D eigenvalue weighted by Crippen LogP contribution is -2.49. The van der Waals surface area contributed by atoms with E-state index in [0.29, 0.717) is 0 Å². The van der Waals surface area contributed by atoms with E-state index in [0.717, 1.165) is 16.4 Å². The van der Waals surface area contributed by atoms with E-state index >= 15 is 0 Å². The number of aliphatic hydroxyl groups is 1. The Bertz CT molecular complexity index is 1050. The van der Waals surface area contributed by atoms with Gasteiger partial charge in [-0.05, 0) is 43.3 Å². The Hall–Kier alpha value is -2.60. The highest BCUT2D eigenvalue weighted by Gasteiger charge is 2.30. The monoisotopic (exact) mass is 499 g/mol. The van der Waals surface area contributed by atoms with Crippen LogP contribution in [0.25, 0.3) is 0 Å². The number of nitrogens with zero attached hydrogens (tertiary/aromatic N) is 2. The molecule has 2 aromatic carbocycles. The Morgan fingerprint density at radius 3 is 2.26 bits per heavy atom. The van der Waals surface area contributed by atoms with E-state index in [1.54, 1.807) is 19.9 Å². The molecule has 0 spiro atoms. The normalized spacial score (nSPS) is 14.5. The number of hydrogen-bond acceptors (Lipinski definition) is 5.